The van der Waals surface area contributed by atoms with Crippen LogP contribution in [0.25, 0.3) is 32.7 Å². The van der Waals surface area contributed by atoms with Crippen LogP contribution in [0.1, 0.15) is 11.1 Å². The molecule has 0 atom stereocenters. The van der Waals surface area contributed by atoms with Crippen LogP contribution in [-0.4, -0.2) is 11.1 Å². The Balaban J connectivity index is 0.000000444. The van der Waals surface area contributed by atoms with Gasteiger partial charge in [0, 0.05) is 6.08 Å². The Bertz CT molecular complexity index is 1380. The molecular weight excluding hydrogens is 392 g/mol. The van der Waals surface area contributed by atoms with Crippen molar-refractivity contribution in [2.75, 3.05) is 0 Å². The van der Waals surface area contributed by atoms with Crippen molar-refractivity contribution in [1.82, 2.24) is 0 Å². The lowest BCUT2D eigenvalue weighted by Gasteiger charge is -2.16. The Morgan fingerprint density at radius 3 is 1.94 bits per heavy atom. The zero-order chi connectivity index (χ0) is 22.3. The Hall–Kier alpha value is -4.17. The highest BCUT2D eigenvalue weighted by Gasteiger charge is 2.13. The molecule has 0 radical (unpaired) electrons. The standard InChI is InChI=1S/C27H20.C3H4O2/c1-2-9-20(10-3-1)19-23-18-17-22-12-5-7-15-25(22)27(23)26-16-8-13-21-11-4-6-14-24(21)26;1-2-3(4)5/h1-18H,19H2;2H,1H2,(H,4,5). The third-order valence-electron chi connectivity index (χ3n) is 5.49. The van der Waals surface area contributed by atoms with Crippen LogP contribution in [0, 0.1) is 0 Å². The summed E-state index contributed by atoms with van der Waals surface area (Å²) in [6.45, 7) is 2.96. The molecule has 0 aliphatic carbocycles. The van der Waals surface area contributed by atoms with Gasteiger partial charge in [0.25, 0.3) is 0 Å². The monoisotopic (exact) mass is 416 g/mol. The molecule has 1 N–H and O–H groups in total. The van der Waals surface area contributed by atoms with Crippen LogP contribution in [0.15, 0.2) is 122 Å². The number of hydrogen-bond acceptors (Lipinski definition) is 1. The van der Waals surface area contributed by atoms with Gasteiger partial charge in [0.1, 0.15) is 0 Å². The molecule has 0 saturated carbocycles. The number of benzene rings is 5. The predicted octanol–water partition coefficient (Wildman–Crippen LogP) is 7.51. The van der Waals surface area contributed by atoms with E-state index in [1.54, 1.807) is 0 Å². The number of carbonyl (C=O) groups is 1. The van der Waals surface area contributed by atoms with Crippen molar-refractivity contribution in [3.8, 4) is 11.1 Å². The van der Waals surface area contributed by atoms with Crippen molar-refractivity contribution >= 4 is 27.5 Å². The maximum absolute atomic E-state index is 9.25. The zero-order valence-electron chi connectivity index (χ0n) is 17.7. The van der Waals surface area contributed by atoms with Gasteiger partial charge in [0.2, 0.25) is 0 Å². The van der Waals surface area contributed by atoms with Gasteiger partial charge in [-0.05, 0) is 50.2 Å². The first-order chi connectivity index (χ1) is 15.7. The summed E-state index contributed by atoms with van der Waals surface area (Å²) in [6, 6.07) is 39.3. The lowest BCUT2D eigenvalue weighted by atomic mass is 9.88. The van der Waals surface area contributed by atoms with E-state index in [1.165, 1.54) is 43.8 Å². The Morgan fingerprint density at radius 2 is 1.25 bits per heavy atom. The van der Waals surface area contributed by atoms with Gasteiger partial charge >= 0.3 is 5.97 Å². The lowest BCUT2D eigenvalue weighted by molar-refractivity contribution is -0.131. The molecule has 0 aliphatic rings. The highest BCUT2D eigenvalue weighted by Crippen LogP contribution is 2.37. The lowest BCUT2D eigenvalue weighted by Crippen LogP contribution is -1.94. The molecule has 0 saturated heterocycles. The summed E-state index contributed by atoms with van der Waals surface area (Å²) in [5.41, 5.74) is 5.38. The van der Waals surface area contributed by atoms with E-state index in [9.17, 15) is 4.79 Å². The molecule has 5 rings (SSSR count). The van der Waals surface area contributed by atoms with E-state index < -0.39 is 5.97 Å². The summed E-state index contributed by atoms with van der Waals surface area (Å²) < 4.78 is 0. The number of aliphatic carboxylic acids is 1. The fourth-order valence-electron chi connectivity index (χ4n) is 4.04. The number of rotatable bonds is 4. The smallest absolute Gasteiger partial charge is 0.327 e. The molecule has 0 bridgehead atoms. The molecule has 0 aliphatic heterocycles. The van der Waals surface area contributed by atoms with Gasteiger partial charge in [0.15, 0.2) is 0 Å². The van der Waals surface area contributed by atoms with E-state index in [1.807, 2.05) is 0 Å². The minimum atomic E-state index is -0.981. The third-order valence-corrected chi connectivity index (χ3v) is 5.49. The fraction of sp³-hybridized carbons (Fsp3) is 0.0333. The molecule has 0 heterocycles. The van der Waals surface area contributed by atoms with Gasteiger partial charge in [-0.2, -0.15) is 0 Å². The van der Waals surface area contributed by atoms with Crippen LogP contribution in [0.3, 0.4) is 0 Å². The van der Waals surface area contributed by atoms with E-state index in [0.717, 1.165) is 12.5 Å². The van der Waals surface area contributed by atoms with Gasteiger partial charge in [0.05, 0.1) is 0 Å². The molecule has 2 heteroatoms. The normalized spacial score (nSPS) is 10.4. The molecule has 0 spiro atoms. The van der Waals surface area contributed by atoms with Crippen LogP contribution in [0.4, 0.5) is 0 Å². The number of hydrogen-bond donors (Lipinski definition) is 1. The van der Waals surface area contributed by atoms with Crippen LogP contribution in [0.5, 0.6) is 0 Å². The van der Waals surface area contributed by atoms with E-state index in [0.29, 0.717) is 0 Å². The SMILES string of the molecule is C=CC(=O)O.c1ccc(Cc2ccc3ccccc3c2-c2cccc3ccccc23)cc1. The molecule has 2 nitrogen and oxygen atoms in total. The second kappa shape index (κ2) is 9.76. The predicted molar refractivity (Wildman–Crippen MR) is 134 cm³/mol. The summed E-state index contributed by atoms with van der Waals surface area (Å²) >= 11 is 0. The Kier molecular flexibility index (Phi) is 6.43. The van der Waals surface area contributed by atoms with Gasteiger partial charge < -0.3 is 5.11 Å². The summed E-state index contributed by atoms with van der Waals surface area (Å²) in [7, 11) is 0. The quantitative estimate of drug-likeness (QED) is 0.308. The Labute approximate surface area is 188 Å². The second-order valence-corrected chi connectivity index (χ2v) is 7.55. The topological polar surface area (TPSA) is 37.3 Å². The van der Waals surface area contributed by atoms with Crippen molar-refractivity contribution < 1.29 is 9.90 Å². The van der Waals surface area contributed by atoms with Crippen LogP contribution in [-0.2, 0) is 11.2 Å². The minimum Gasteiger partial charge on any atom is -0.478 e. The molecule has 5 aromatic rings. The van der Waals surface area contributed by atoms with E-state index in [2.05, 4.69) is 116 Å². The molecular formula is C30H24O2. The first-order valence-corrected chi connectivity index (χ1v) is 10.6. The zero-order valence-corrected chi connectivity index (χ0v) is 17.7. The van der Waals surface area contributed by atoms with E-state index >= 15 is 0 Å². The maximum Gasteiger partial charge on any atom is 0.327 e. The minimum absolute atomic E-state index is 0.833. The molecule has 32 heavy (non-hydrogen) atoms. The molecule has 0 amide bonds. The molecule has 0 fully saturated rings. The summed E-state index contributed by atoms with van der Waals surface area (Å²) in [5, 5.41) is 12.8. The van der Waals surface area contributed by atoms with Gasteiger partial charge in [-0.3, -0.25) is 0 Å². The molecule has 5 aromatic carbocycles. The van der Waals surface area contributed by atoms with Gasteiger partial charge in [-0.25, -0.2) is 4.79 Å². The fourth-order valence-corrected chi connectivity index (χ4v) is 4.04. The summed E-state index contributed by atoms with van der Waals surface area (Å²) in [4.78, 5) is 9.25. The summed E-state index contributed by atoms with van der Waals surface area (Å²) in [5.74, 6) is -0.981. The van der Waals surface area contributed by atoms with E-state index in [-0.39, 0.29) is 0 Å². The van der Waals surface area contributed by atoms with Crippen molar-refractivity contribution in [1.29, 1.82) is 0 Å². The van der Waals surface area contributed by atoms with Crippen LogP contribution < -0.4 is 0 Å². The number of fused-ring (bicyclic) bond motifs is 2. The van der Waals surface area contributed by atoms with Gasteiger partial charge in [-0.15, -0.1) is 0 Å². The molecule has 156 valence electrons. The van der Waals surface area contributed by atoms with Crippen molar-refractivity contribution in [2.24, 2.45) is 0 Å². The first kappa shape index (κ1) is 21.1. The average Bonchev–Trinajstić information content (AvgIpc) is 2.85. The van der Waals surface area contributed by atoms with Gasteiger partial charge in [-0.1, -0.05) is 116 Å². The van der Waals surface area contributed by atoms with Crippen molar-refractivity contribution in [3.05, 3.63) is 133 Å². The van der Waals surface area contributed by atoms with Crippen LogP contribution >= 0.6 is 0 Å². The molecule has 0 unspecified atom stereocenters. The highest BCUT2D eigenvalue weighted by atomic mass is 16.4. The number of carboxylic acids is 1. The number of carboxylic acid groups (broad SMARTS) is 1. The summed E-state index contributed by atoms with van der Waals surface area (Å²) in [6.07, 6.45) is 1.77. The van der Waals surface area contributed by atoms with Crippen molar-refractivity contribution in [3.63, 3.8) is 0 Å². The first-order valence-electron chi connectivity index (χ1n) is 10.6. The average molecular weight is 417 g/mol. The van der Waals surface area contributed by atoms with Crippen molar-refractivity contribution in [2.45, 2.75) is 6.42 Å². The largest absolute Gasteiger partial charge is 0.478 e. The van der Waals surface area contributed by atoms with E-state index in [4.69, 9.17) is 5.11 Å². The second-order valence-electron chi connectivity index (χ2n) is 7.55. The highest BCUT2D eigenvalue weighted by molar-refractivity contribution is 6.06. The molecule has 0 aromatic heterocycles. The van der Waals surface area contributed by atoms with Crippen LogP contribution in [0.2, 0.25) is 0 Å². The Morgan fingerprint density at radius 1 is 0.688 bits per heavy atom. The maximum atomic E-state index is 9.25. The third kappa shape index (κ3) is 4.60.